The van der Waals surface area contributed by atoms with Gasteiger partial charge in [0.15, 0.2) is 5.69 Å². The molecule has 148 valence electrons. The molecule has 2 rings (SSSR count). The Labute approximate surface area is 158 Å². The largest absolute Gasteiger partial charge is 0.465 e. The van der Waals surface area contributed by atoms with Crippen molar-refractivity contribution in [2.75, 3.05) is 45.3 Å². The molecule has 0 atom stereocenters. The molecule has 0 radical (unpaired) electrons. The second-order valence-corrected chi connectivity index (χ2v) is 7.00. The van der Waals surface area contributed by atoms with Crippen LogP contribution < -0.4 is 4.90 Å². The SMILES string of the molecule is COC(=O)c1ccc(N2CCN(C(=O)OC(C)(C)C)CC2)nc1C(=O)OC. The summed E-state index contributed by atoms with van der Waals surface area (Å²) in [5.41, 5.74) is -0.605. The monoisotopic (exact) mass is 379 g/mol. The Balaban J connectivity index is 2.13. The summed E-state index contributed by atoms with van der Waals surface area (Å²) in [6, 6.07) is 3.13. The molecule has 0 bridgehead atoms. The molecular weight excluding hydrogens is 354 g/mol. The first-order valence-electron chi connectivity index (χ1n) is 8.57. The van der Waals surface area contributed by atoms with Crippen molar-refractivity contribution >= 4 is 23.8 Å². The molecule has 1 aromatic rings. The van der Waals surface area contributed by atoms with Crippen LogP contribution >= 0.6 is 0 Å². The van der Waals surface area contributed by atoms with Gasteiger partial charge in [0.25, 0.3) is 0 Å². The minimum Gasteiger partial charge on any atom is -0.465 e. The third kappa shape index (κ3) is 5.08. The van der Waals surface area contributed by atoms with E-state index in [-0.39, 0.29) is 17.4 Å². The summed E-state index contributed by atoms with van der Waals surface area (Å²) in [5.74, 6) is -0.860. The van der Waals surface area contributed by atoms with Gasteiger partial charge in [-0.3, -0.25) is 0 Å². The number of pyridine rings is 1. The van der Waals surface area contributed by atoms with E-state index in [0.717, 1.165) is 0 Å². The Morgan fingerprint density at radius 3 is 2.07 bits per heavy atom. The molecule has 1 fully saturated rings. The van der Waals surface area contributed by atoms with E-state index >= 15 is 0 Å². The number of hydrogen-bond acceptors (Lipinski definition) is 8. The van der Waals surface area contributed by atoms with Gasteiger partial charge in [-0.1, -0.05) is 0 Å². The number of aromatic nitrogens is 1. The van der Waals surface area contributed by atoms with Crippen LogP contribution in [0, 0.1) is 0 Å². The number of carbonyl (C=O) groups is 3. The number of anilines is 1. The number of ether oxygens (including phenoxy) is 3. The van der Waals surface area contributed by atoms with E-state index in [9.17, 15) is 14.4 Å². The van der Waals surface area contributed by atoms with Crippen molar-refractivity contribution in [1.82, 2.24) is 9.88 Å². The van der Waals surface area contributed by atoms with Gasteiger partial charge in [0.2, 0.25) is 0 Å². The van der Waals surface area contributed by atoms with Crippen molar-refractivity contribution in [3.8, 4) is 0 Å². The fourth-order valence-electron chi connectivity index (χ4n) is 2.60. The molecule has 1 saturated heterocycles. The lowest BCUT2D eigenvalue weighted by atomic mass is 10.2. The second-order valence-electron chi connectivity index (χ2n) is 7.00. The van der Waals surface area contributed by atoms with Crippen LogP contribution in [0.1, 0.15) is 41.6 Å². The molecule has 0 aromatic carbocycles. The predicted octanol–water partition coefficient (Wildman–Crippen LogP) is 1.71. The van der Waals surface area contributed by atoms with Gasteiger partial charge in [0, 0.05) is 26.2 Å². The van der Waals surface area contributed by atoms with Crippen molar-refractivity contribution in [2.24, 2.45) is 0 Å². The first-order valence-corrected chi connectivity index (χ1v) is 8.57. The van der Waals surface area contributed by atoms with E-state index < -0.39 is 17.5 Å². The molecule has 9 nitrogen and oxygen atoms in total. The fourth-order valence-corrected chi connectivity index (χ4v) is 2.60. The summed E-state index contributed by atoms with van der Waals surface area (Å²) >= 11 is 0. The van der Waals surface area contributed by atoms with E-state index in [4.69, 9.17) is 9.47 Å². The zero-order valence-corrected chi connectivity index (χ0v) is 16.3. The summed E-state index contributed by atoms with van der Waals surface area (Å²) in [6.07, 6.45) is -0.355. The van der Waals surface area contributed by atoms with Crippen LogP contribution in [0.4, 0.5) is 10.6 Å². The second kappa shape index (κ2) is 8.24. The first-order chi connectivity index (χ1) is 12.7. The van der Waals surface area contributed by atoms with Gasteiger partial charge in [-0.25, -0.2) is 19.4 Å². The summed E-state index contributed by atoms with van der Waals surface area (Å²) in [6.45, 7) is 7.42. The highest BCUT2D eigenvalue weighted by Gasteiger charge is 2.28. The predicted molar refractivity (Wildman–Crippen MR) is 96.9 cm³/mol. The Morgan fingerprint density at radius 2 is 1.56 bits per heavy atom. The molecule has 27 heavy (non-hydrogen) atoms. The summed E-state index contributed by atoms with van der Waals surface area (Å²) in [5, 5.41) is 0. The van der Waals surface area contributed by atoms with E-state index in [1.807, 2.05) is 25.7 Å². The third-order valence-electron chi connectivity index (χ3n) is 3.92. The van der Waals surface area contributed by atoms with Crippen LogP contribution in [-0.2, 0) is 14.2 Å². The summed E-state index contributed by atoms with van der Waals surface area (Å²) in [4.78, 5) is 43.8. The molecule has 0 aliphatic carbocycles. The Hall–Kier alpha value is -2.84. The molecule has 0 N–H and O–H groups in total. The molecular formula is C18H25N3O6. The Bertz CT molecular complexity index is 720. The number of amides is 1. The van der Waals surface area contributed by atoms with Gasteiger partial charge in [-0.2, -0.15) is 0 Å². The number of hydrogen-bond donors (Lipinski definition) is 0. The van der Waals surface area contributed by atoms with Gasteiger partial charge < -0.3 is 24.0 Å². The molecule has 1 amide bonds. The zero-order chi connectivity index (χ0) is 20.2. The highest BCUT2D eigenvalue weighted by molar-refractivity contribution is 6.02. The summed E-state index contributed by atoms with van der Waals surface area (Å²) in [7, 11) is 2.45. The average molecular weight is 379 g/mol. The maximum Gasteiger partial charge on any atom is 0.410 e. The van der Waals surface area contributed by atoms with Crippen molar-refractivity contribution in [3.05, 3.63) is 23.4 Å². The molecule has 1 aliphatic heterocycles. The highest BCUT2D eigenvalue weighted by atomic mass is 16.6. The maximum atomic E-state index is 12.1. The molecule has 0 unspecified atom stereocenters. The van der Waals surface area contributed by atoms with Gasteiger partial charge >= 0.3 is 18.0 Å². The zero-order valence-electron chi connectivity index (χ0n) is 16.3. The van der Waals surface area contributed by atoms with Crippen LogP contribution in [0.3, 0.4) is 0 Å². The first kappa shape index (κ1) is 20.5. The molecule has 0 spiro atoms. The minimum absolute atomic E-state index is 0.0421. The van der Waals surface area contributed by atoms with Crippen molar-refractivity contribution in [3.63, 3.8) is 0 Å². The number of esters is 2. The van der Waals surface area contributed by atoms with E-state index in [1.54, 1.807) is 11.0 Å². The van der Waals surface area contributed by atoms with E-state index in [2.05, 4.69) is 9.72 Å². The fraction of sp³-hybridized carbons (Fsp3) is 0.556. The lowest BCUT2D eigenvalue weighted by Gasteiger charge is -2.36. The smallest absolute Gasteiger partial charge is 0.410 e. The molecule has 1 aromatic heterocycles. The third-order valence-corrected chi connectivity index (χ3v) is 3.92. The maximum absolute atomic E-state index is 12.1. The van der Waals surface area contributed by atoms with Gasteiger partial charge in [-0.15, -0.1) is 0 Å². The lowest BCUT2D eigenvalue weighted by Crippen LogP contribution is -2.50. The van der Waals surface area contributed by atoms with Crippen molar-refractivity contribution in [2.45, 2.75) is 26.4 Å². The van der Waals surface area contributed by atoms with Gasteiger partial charge in [0.05, 0.1) is 19.8 Å². The number of methoxy groups -OCH3 is 2. The van der Waals surface area contributed by atoms with Crippen LogP contribution in [0.15, 0.2) is 12.1 Å². The Morgan fingerprint density at radius 1 is 0.963 bits per heavy atom. The molecule has 1 aliphatic rings. The summed E-state index contributed by atoms with van der Waals surface area (Å²) < 4.78 is 14.8. The van der Waals surface area contributed by atoms with E-state index in [0.29, 0.717) is 32.0 Å². The number of carbonyl (C=O) groups excluding carboxylic acids is 3. The highest BCUT2D eigenvalue weighted by Crippen LogP contribution is 2.19. The van der Waals surface area contributed by atoms with Crippen molar-refractivity contribution in [1.29, 1.82) is 0 Å². The average Bonchev–Trinajstić information content (AvgIpc) is 2.65. The Kier molecular flexibility index (Phi) is 6.24. The number of rotatable bonds is 3. The lowest BCUT2D eigenvalue weighted by molar-refractivity contribution is 0.0240. The van der Waals surface area contributed by atoms with Crippen LogP contribution in [0.5, 0.6) is 0 Å². The number of nitrogens with zero attached hydrogens (tertiary/aromatic N) is 3. The van der Waals surface area contributed by atoms with Gasteiger partial charge in [0.1, 0.15) is 11.4 Å². The molecule has 2 heterocycles. The topological polar surface area (TPSA) is 98.3 Å². The minimum atomic E-state index is -0.718. The van der Waals surface area contributed by atoms with E-state index in [1.165, 1.54) is 20.3 Å². The van der Waals surface area contributed by atoms with Crippen LogP contribution in [-0.4, -0.2) is 73.9 Å². The van der Waals surface area contributed by atoms with Crippen molar-refractivity contribution < 1.29 is 28.6 Å². The standard InChI is InChI=1S/C18H25N3O6/c1-18(2,3)27-17(24)21-10-8-20(9-11-21)13-7-6-12(15(22)25-4)14(19-13)16(23)26-5/h6-7H,8-11H2,1-5H3. The quantitative estimate of drug-likeness (QED) is 0.578. The van der Waals surface area contributed by atoms with Gasteiger partial charge in [-0.05, 0) is 32.9 Å². The molecule has 9 heteroatoms. The number of piperazine rings is 1. The normalized spacial score (nSPS) is 14.6. The van der Waals surface area contributed by atoms with Crippen LogP contribution in [0.25, 0.3) is 0 Å². The molecule has 0 saturated carbocycles. The van der Waals surface area contributed by atoms with Crippen LogP contribution in [0.2, 0.25) is 0 Å².